The van der Waals surface area contributed by atoms with Crippen LogP contribution in [0.1, 0.15) is 19.3 Å². The second-order valence-corrected chi connectivity index (χ2v) is 2.91. The molecule has 0 aliphatic carbocycles. The van der Waals surface area contributed by atoms with Crippen LogP contribution in [0, 0.1) is 0 Å². The van der Waals surface area contributed by atoms with Gasteiger partial charge in [0.05, 0.1) is 0 Å². The average molecular weight is 195 g/mol. The quantitative estimate of drug-likeness (QED) is 0.481. The summed E-state index contributed by atoms with van der Waals surface area (Å²) in [4.78, 5) is 10.9. The summed E-state index contributed by atoms with van der Waals surface area (Å²) in [7, 11) is 0. The first-order valence-electron chi connectivity index (χ1n) is 4.53. The zero-order chi connectivity index (χ0) is 11.0. The van der Waals surface area contributed by atoms with Crippen LogP contribution in [0.4, 0.5) is 0 Å². The molecule has 0 bridgehead atoms. The van der Waals surface area contributed by atoms with Crippen molar-refractivity contribution < 1.29 is 9.90 Å². The molecule has 0 aliphatic heterocycles. The molecule has 0 atom stereocenters. The zero-order valence-electron chi connectivity index (χ0n) is 8.33. The fraction of sp³-hybridized carbons (Fsp3) is 0.364. The van der Waals surface area contributed by atoms with Crippen molar-refractivity contribution in [1.29, 1.82) is 0 Å². The molecule has 14 heavy (non-hydrogen) atoms. The van der Waals surface area contributed by atoms with Crippen LogP contribution in [0.15, 0.2) is 36.5 Å². The average Bonchev–Trinajstić information content (AvgIpc) is 2.13. The maximum Gasteiger partial charge on any atom is 0.331 e. The maximum absolute atomic E-state index is 10.9. The number of hydrogen-bond donors (Lipinski definition) is 2. The predicted molar refractivity (Wildman–Crippen MR) is 58.0 cm³/mol. The molecule has 0 aromatic heterocycles. The Labute approximate surface area is 84.6 Å². The van der Waals surface area contributed by atoms with E-state index in [1.165, 1.54) is 0 Å². The van der Waals surface area contributed by atoms with Crippen molar-refractivity contribution in [2.24, 2.45) is 5.73 Å². The van der Waals surface area contributed by atoms with E-state index in [0.29, 0.717) is 31.4 Å². The summed E-state index contributed by atoms with van der Waals surface area (Å²) >= 11 is 0. The van der Waals surface area contributed by atoms with E-state index < -0.39 is 5.97 Å². The number of aliphatic carboxylic acids is 1. The Morgan fingerprint density at radius 2 is 1.79 bits per heavy atom. The second kappa shape index (κ2) is 7.09. The molecule has 0 aromatic carbocycles. The van der Waals surface area contributed by atoms with Crippen molar-refractivity contribution in [2.45, 2.75) is 19.3 Å². The molecular formula is C11H17NO2. The molecule has 0 spiro atoms. The second-order valence-electron chi connectivity index (χ2n) is 2.91. The highest BCUT2D eigenvalue weighted by Gasteiger charge is 2.11. The number of rotatable bonds is 7. The highest BCUT2D eigenvalue weighted by molar-refractivity contribution is 5.87. The van der Waals surface area contributed by atoms with Gasteiger partial charge in [0.1, 0.15) is 0 Å². The molecule has 0 fully saturated rings. The molecule has 0 amide bonds. The minimum atomic E-state index is -0.894. The summed E-state index contributed by atoms with van der Waals surface area (Å²) in [6.45, 7) is 7.53. The third kappa shape index (κ3) is 4.05. The number of hydrogen-bond acceptors (Lipinski definition) is 2. The van der Waals surface area contributed by atoms with Crippen LogP contribution in [0.2, 0.25) is 0 Å². The minimum Gasteiger partial charge on any atom is -0.478 e. The third-order valence-electron chi connectivity index (χ3n) is 1.86. The normalized spacial score (nSPS) is 9.21. The molecule has 3 N–H and O–H groups in total. The predicted octanol–water partition coefficient (Wildman–Crippen LogP) is 1.87. The van der Waals surface area contributed by atoms with Gasteiger partial charge in [-0.3, -0.25) is 0 Å². The lowest BCUT2D eigenvalue weighted by atomic mass is 9.99. The van der Waals surface area contributed by atoms with Gasteiger partial charge in [-0.2, -0.15) is 0 Å². The Balaban J connectivity index is 4.90. The molecular weight excluding hydrogens is 178 g/mol. The van der Waals surface area contributed by atoms with Gasteiger partial charge in [-0.05, 0) is 25.8 Å². The lowest BCUT2D eigenvalue weighted by Crippen LogP contribution is -2.10. The highest BCUT2D eigenvalue weighted by atomic mass is 16.4. The molecule has 0 saturated carbocycles. The van der Waals surface area contributed by atoms with Gasteiger partial charge in [-0.25, -0.2) is 4.79 Å². The molecule has 78 valence electrons. The Morgan fingerprint density at radius 1 is 1.29 bits per heavy atom. The number of carboxylic acid groups (broad SMARTS) is 1. The number of carboxylic acids is 1. The van der Waals surface area contributed by atoms with Crippen molar-refractivity contribution >= 4 is 5.97 Å². The van der Waals surface area contributed by atoms with E-state index in [1.54, 1.807) is 12.2 Å². The summed E-state index contributed by atoms with van der Waals surface area (Å²) in [5, 5.41) is 8.95. The van der Waals surface area contributed by atoms with Crippen molar-refractivity contribution in [3.05, 3.63) is 36.5 Å². The molecule has 0 unspecified atom stereocenters. The molecule has 0 aromatic rings. The van der Waals surface area contributed by atoms with E-state index in [0.717, 1.165) is 5.57 Å². The largest absolute Gasteiger partial charge is 0.478 e. The topological polar surface area (TPSA) is 63.3 Å². The summed E-state index contributed by atoms with van der Waals surface area (Å²) < 4.78 is 0. The summed E-state index contributed by atoms with van der Waals surface area (Å²) in [6.07, 6.45) is 4.93. The van der Waals surface area contributed by atoms with Gasteiger partial charge in [0.2, 0.25) is 0 Å². The highest BCUT2D eigenvalue weighted by Crippen LogP contribution is 2.17. The minimum absolute atomic E-state index is 0.347. The van der Waals surface area contributed by atoms with Crippen LogP contribution in [0.25, 0.3) is 0 Å². The Morgan fingerprint density at radius 3 is 2.07 bits per heavy atom. The smallest absolute Gasteiger partial charge is 0.331 e. The van der Waals surface area contributed by atoms with Crippen molar-refractivity contribution in [3.63, 3.8) is 0 Å². The van der Waals surface area contributed by atoms with Crippen molar-refractivity contribution in [1.82, 2.24) is 0 Å². The molecule has 3 nitrogen and oxygen atoms in total. The van der Waals surface area contributed by atoms with E-state index in [1.807, 2.05) is 0 Å². The van der Waals surface area contributed by atoms with Crippen LogP contribution in [-0.4, -0.2) is 17.6 Å². The molecule has 0 heterocycles. The lowest BCUT2D eigenvalue weighted by molar-refractivity contribution is -0.132. The molecule has 3 heteroatoms. The van der Waals surface area contributed by atoms with Gasteiger partial charge in [0.15, 0.2) is 0 Å². The first-order chi connectivity index (χ1) is 6.67. The summed E-state index contributed by atoms with van der Waals surface area (Å²) in [5.41, 5.74) is 6.58. The Kier molecular flexibility index (Phi) is 6.41. The van der Waals surface area contributed by atoms with Gasteiger partial charge in [0, 0.05) is 5.57 Å². The number of allylic oxidation sites excluding steroid dienone is 3. The van der Waals surface area contributed by atoms with E-state index >= 15 is 0 Å². The van der Waals surface area contributed by atoms with Gasteiger partial charge in [0.25, 0.3) is 0 Å². The SMILES string of the molecule is C=CCC(CC=C)=C(CCN)C(=O)O. The summed E-state index contributed by atoms with van der Waals surface area (Å²) in [5.74, 6) is -0.894. The van der Waals surface area contributed by atoms with Gasteiger partial charge in [-0.1, -0.05) is 17.7 Å². The zero-order valence-corrected chi connectivity index (χ0v) is 8.33. The van der Waals surface area contributed by atoms with Crippen LogP contribution in [0.3, 0.4) is 0 Å². The first kappa shape index (κ1) is 12.7. The van der Waals surface area contributed by atoms with Crippen LogP contribution < -0.4 is 5.73 Å². The number of nitrogens with two attached hydrogens (primary N) is 1. The van der Waals surface area contributed by atoms with Gasteiger partial charge >= 0.3 is 5.97 Å². The van der Waals surface area contributed by atoms with Crippen molar-refractivity contribution in [3.8, 4) is 0 Å². The van der Waals surface area contributed by atoms with Crippen LogP contribution in [0.5, 0.6) is 0 Å². The van der Waals surface area contributed by atoms with Gasteiger partial charge in [-0.15, -0.1) is 13.2 Å². The third-order valence-corrected chi connectivity index (χ3v) is 1.86. The standard InChI is InChI=1S/C11H17NO2/c1-3-5-9(6-4-2)10(7-8-12)11(13)14/h3-4H,1-2,5-8,12H2,(H,13,14). The van der Waals surface area contributed by atoms with E-state index in [9.17, 15) is 4.79 Å². The van der Waals surface area contributed by atoms with Crippen molar-refractivity contribution in [2.75, 3.05) is 6.54 Å². The molecule has 0 rings (SSSR count). The molecule has 0 radical (unpaired) electrons. The Hall–Kier alpha value is -1.35. The fourth-order valence-electron chi connectivity index (χ4n) is 1.26. The first-order valence-corrected chi connectivity index (χ1v) is 4.53. The summed E-state index contributed by atoms with van der Waals surface area (Å²) in [6, 6.07) is 0. The van der Waals surface area contributed by atoms with Crippen LogP contribution in [-0.2, 0) is 4.79 Å². The van der Waals surface area contributed by atoms with E-state index in [2.05, 4.69) is 13.2 Å². The monoisotopic (exact) mass is 195 g/mol. The number of carbonyl (C=O) groups is 1. The Bertz CT molecular complexity index is 242. The van der Waals surface area contributed by atoms with E-state index in [4.69, 9.17) is 10.8 Å². The maximum atomic E-state index is 10.9. The van der Waals surface area contributed by atoms with E-state index in [-0.39, 0.29) is 0 Å². The lowest BCUT2D eigenvalue weighted by Gasteiger charge is -2.07. The fourth-order valence-corrected chi connectivity index (χ4v) is 1.26. The molecule has 0 aliphatic rings. The van der Waals surface area contributed by atoms with Crippen LogP contribution >= 0.6 is 0 Å². The van der Waals surface area contributed by atoms with Gasteiger partial charge < -0.3 is 10.8 Å². The molecule has 0 saturated heterocycles.